The quantitative estimate of drug-likeness (QED) is 0.794. The fourth-order valence-electron chi connectivity index (χ4n) is 1.40. The maximum atomic E-state index is 5.59. The van der Waals surface area contributed by atoms with E-state index < -0.39 is 0 Å². The van der Waals surface area contributed by atoms with E-state index in [1.54, 1.807) is 12.4 Å². The number of benzene rings is 1. The van der Waals surface area contributed by atoms with Crippen LogP contribution in [0.15, 0.2) is 48.8 Å². The van der Waals surface area contributed by atoms with Crippen LogP contribution in [0, 0.1) is 0 Å². The first-order chi connectivity index (χ1) is 7.84. The Morgan fingerprint density at radius 3 is 2.38 bits per heavy atom. The summed E-state index contributed by atoms with van der Waals surface area (Å²) in [7, 11) is 0. The zero-order valence-electron chi connectivity index (χ0n) is 8.97. The molecule has 0 aliphatic heterocycles. The highest BCUT2D eigenvalue weighted by atomic mass is 16.5. The molecule has 2 rings (SSSR count). The summed E-state index contributed by atoms with van der Waals surface area (Å²) in [6.45, 7) is 0.661. The van der Waals surface area contributed by atoms with E-state index in [1.165, 1.54) is 5.56 Å². The van der Waals surface area contributed by atoms with Crippen LogP contribution in [0.3, 0.4) is 0 Å². The largest absolute Gasteiger partial charge is 0.493 e. The number of aromatic nitrogens is 1. The van der Waals surface area contributed by atoms with Crippen molar-refractivity contribution in [3.05, 3.63) is 54.4 Å². The molecule has 0 saturated carbocycles. The second kappa shape index (κ2) is 5.16. The highest BCUT2D eigenvalue weighted by Crippen LogP contribution is 2.13. The van der Waals surface area contributed by atoms with Crippen molar-refractivity contribution in [2.24, 2.45) is 0 Å². The van der Waals surface area contributed by atoms with Gasteiger partial charge in [-0.1, -0.05) is 0 Å². The van der Waals surface area contributed by atoms with E-state index >= 15 is 0 Å². The van der Waals surface area contributed by atoms with Crippen LogP contribution < -0.4 is 10.5 Å². The van der Waals surface area contributed by atoms with Crippen LogP contribution in [0.25, 0.3) is 0 Å². The third kappa shape index (κ3) is 2.98. The summed E-state index contributed by atoms with van der Waals surface area (Å²) in [4.78, 5) is 3.97. The third-order valence-corrected chi connectivity index (χ3v) is 2.29. The van der Waals surface area contributed by atoms with E-state index in [0.717, 1.165) is 17.9 Å². The number of nitrogen functional groups attached to an aromatic ring is 1. The SMILES string of the molecule is Nc1ccc(OCCc2ccncc2)cc1. The van der Waals surface area contributed by atoms with Crippen LogP contribution in [0.4, 0.5) is 5.69 Å². The molecule has 1 heterocycles. The van der Waals surface area contributed by atoms with Gasteiger partial charge in [0.2, 0.25) is 0 Å². The molecule has 82 valence electrons. The summed E-state index contributed by atoms with van der Waals surface area (Å²) in [5.74, 6) is 0.850. The second-order valence-electron chi connectivity index (χ2n) is 3.52. The van der Waals surface area contributed by atoms with Gasteiger partial charge in [0.25, 0.3) is 0 Å². The third-order valence-electron chi connectivity index (χ3n) is 2.29. The summed E-state index contributed by atoms with van der Waals surface area (Å²) in [6, 6.07) is 11.4. The molecule has 3 nitrogen and oxygen atoms in total. The lowest BCUT2D eigenvalue weighted by atomic mass is 10.2. The molecule has 0 atom stereocenters. The number of nitrogens with two attached hydrogens (primary N) is 1. The average Bonchev–Trinajstić information content (AvgIpc) is 2.33. The smallest absolute Gasteiger partial charge is 0.119 e. The van der Waals surface area contributed by atoms with E-state index in [1.807, 2.05) is 36.4 Å². The number of ether oxygens (including phenoxy) is 1. The van der Waals surface area contributed by atoms with E-state index in [2.05, 4.69) is 4.98 Å². The van der Waals surface area contributed by atoms with Gasteiger partial charge < -0.3 is 10.5 Å². The van der Waals surface area contributed by atoms with Crippen molar-refractivity contribution in [2.45, 2.75) is 6.42 Å². The zero-order chi connectivity index (χ0) is 11.2. The lowest BCUT2D eigenvalue weighted by Gasteiger charge is -2.06. The fraction of sp³-hybridized carbons (Fsp3) is 0.154. The van der Waals surface area contributed by atoms with Gasteiger partial charge in [-0.25, -0.2) is 0 Å². The lowest BCUT2D eigenvalue weighted by Crippen LogP contribution is -2.01. The number of hydrogen-bond acceptors (Lipinski definition) is 3. The van der Waals surface area contributed by atoms with Gasteiger partial charge in [0.05, 0.1) is 6.61 Å². The standard InChI is InChI=1S/C13H14N2O/c14-12-1-3-13(4-2-12)16-10-7-11-5-8-15-9-6-11/h1-6,8-9H,7,10,14H2. The Labute approximate surface area is 94.9 Å². The molecule has 0 aliphatic carbocycles. The van der Waals surface area contributed by atoms with Gasteiger partial charge in [0.1, 0.15) is 5.75 Å². The Morgan fingerprint density at radius 2 is 1.69 bits per heavy atom. The number of hydrogen-bond donors (Lipinski definition) is 1. The fourth-order valence-corrected chi connectivity index (χ4v) is 1.40. The minimum atomic E-state index is 0.661. The number of nitrogens with zero attached hydrogens (tertiary/aromatic N) is 1. The number of pyridine rings is 1. The Morgan fingerprint density at radius 1 is 1.00 bits per heavy atom. The van der Waals surface area contributed by atoms with Crippen molar-refractivity contribution in [1.29, 1.82) is 0 Å². The maximum absolute atomic E-state index is 5.59. The summed E-state index contributed by atoms with van der Waals surface area (Å²) >= 11 is 0. The van der Waals surface area contributed by atoms with Gasteiger partial charge in [-0.15, -0.1) is 0 Å². The molecule has 0 radical (unpaired) electrons. The minimum absolute atomic E-state index is 0.661. The molecule has 2 N–H and O–H groups in total. The molecule has 16 heavy (non-hydrogen) atoms. The van der Waals surface area contributed by atoms with Gasteiger partial charge in [-0.3, -0.25) is 4.98 Å². The summed E-state index contributed by atoms with van der Waals surface area (Å²) in [5.41, 5.74) is 7.56. The van der Waals surface area contributed by atoms with Crippen LogP contribution in [-0.2, 0) is 6.42 Å². The predicted octanol–water partition coefficient (Wildman–Crippen LogP) is 2.29. The average molecular weight is 214 g/mol. The van der Waals surface area contributed by atoms with Crippen molar-refractivity contribution in [3.8, 4) is 5.75 Å². The molecule has 3 heteroatoms. The lowest BCUT2D eigenvalue weighted by molar-refractivity contribution is 0.322. The first kappa shape index (κ1) is 10.5. The normalized spacial score (nSPS) is 10.0. The molecule has 0 bridgehead atoms. The molecule has 1 aromatic heterocycles. The van der Waals surface area contributed by atoms with Gasteiger partial charge in [-0.2, -0.15) is 0 Å². The molecule has 0 saturated heterocycles. The van der Waals surface area contributed by atoms with Crippen LogP contribution in [0.1, 0.15) is 5.56 Å². The van der Waals surface area contributed by atoms with E-state index in [-0.39, 0.29) is 0 Å². The Bertz CT molecular complexity index is 425. The van der Waals surface area contributed by atoms with E-state index in [0.29, 0.717) is 6.61 Å². The van der Waals surface area contributed by atoms with Gasteiger partial charge in [0, 0.05) is 24.5 Å². The molecule has 1 aromatic carbocycles. The molecule has 0 spiro atoms. The first-order valence-corrected chi connectivity index (χ1v) is 5.22. The van der Waals surface area contributed by atoms with E-state index in [4.69, 9.17) is 10.5 Å². The summed E-state index contributed by atoms with van der Waals surface area (Å²) in [6.07, 6.45) is 4.46. The van der Waals surface area contributed by atoms with Crippen LogP contribution in [0.2, 0.25) is 0 Å². The van der Waals surface area contributed by atoms with Gasteiger partial charge >= 0.3 is 0 Å². The van der Waals surface area contributed by atoms with Crippen LogP contribution in [0.5, 0.6) is 5.75 Å². The Balaban J connectivity index is 1.82. The van der Waals surface area contributed by atoms with Crippen molar-refractivity contribution in [3.63, 3.8) is 0 Å². The molecular weight excluding hydrogens is 200 g/mol. The number of anilines is 1. The predicted molar refractivity (Wildman–Crippen MR) is 64.3 cm³/mol. The summed E-state index contributed by atoms with van der Waals surface area (Å²) < 4.78 is 5.59. The van der Waals surface area contributed by atoms with Crippen molar-refractivity contribution >= 4 is 5.69 Å². The zero-order valence-corrected chi connectivity index (χ0v) is 8.97. The molecule has 0 amide bonds. The molecule has 0 unspecified atom stereocenters. The van der Waals surface area contributed by atoms with Gasteiger partial charge in [0.15, 0.2) is 0 Å². The monoisotopic (exact) mass is 214 g/mol. The Kier molecular flexibility index (Phi) is 3.38. The Hall–Kier alpha value is -2.03. The van der Waals surface area contributed by atoms with Crippen molar-refractivity contribution in [2.75, 3.05) is 12.3 Å². The highest BCUT2D eigenvalue weighted by molar-refractivity contribution is 5.41. The van der Waals surface area contributed by atoms with Crippen LogP contribution in [-0.4, -0.2) is 11.6 Å². The second-order valence-corrected chi connectivity index (χ2v) is 3.52. The number of rotatable bonds is 4. The molecule has 2 aromatic rings. The van der Waals surface area contributed by atoms with Gasteiger partial charge in [-0.05, 0) is 42.0 Å². The first-order valence-electron chi connectivity index (χ1n) is 5.22. The molecule has 0 aliphatic rings. The highest BCUT2D eigenvalue weighted by Gasteiger charge is 1.95. The summed E-state index contributed by atoms with van der Waals surface area (Å²) in [5, 5.41) is 0. The maximum Gasteiger partial charge on any atom is 0.119 e. The minimum Gasteiger partial charge on any atom is -0.493 e. The molecular formula is C13H14N2O. The van der Waals surface area contributed by atoms with E-state index in [9.17, 15) is 0 Å². The van der Waals surface area contributed by atoms with Crippen molar-refractivity contribution in [1.82, 2.24) is 4.98 Å². The topological polar surface area (TPSA) is 48.1 Å². The van der Waals surface area contributed by atoms with Crippen LogP contribution >= 0.6 is 0 Å². The molecule has 0 fully saturated rings. The van der Waals surface area contributed by atoms with Crippen molar-refractivity contribution < 1.29 is 4.74 Å².